The molecule has 3 nitrogen and oxygen atoms in total. The minimum atomic E-state index is -1.12. The zero-order valence-electron chi connectivity index (χ0n) is 15.2. The van der Waals surface area contributed by atoms with Crippen LogP contribution >= 0.6 is 0 Å². The summed E-state index contributed by atoms with van der Waals surface area (Å²) in [5.74, 6) is 1.90. The van der Waals surface area contributed by atoms with E-state index in [-0.39, 0.29) is 16.6 Å². The summed E-state index contributed by atoms with van der Waals surface area (Å²) < 4.78 is 0. The predicted octanol–water partition coefficient (Wildman–Crippen LogP) is 3.84. The molecule has 0 amide bonds. The van der Waals surface area contributed by atoms with E-state index < -0.39 is 5.60 Å². The molecule has 6 atom stereocenters. The van der Waals surface area contributed by atoms with Crippen molar-refractivity contribution < 1.29 is 14.7 Å². The lowest BCUT2D eigenvalue weighted by Gasteiger charge is -2.58. The largest absolute Gasteiger partial charge is 0.382 e. The monoisotopic (exact) mass is 330 g/mol. The van der Waals surface area contributed by atoms with Gasteiger partial charge in [-0.3, -0.25) is 9.59 Å². The van der Waals surface area contributed by atoms with Crippen LogP contribution in [-0.2, 0) is 9.59 Å². The van der Waals surface area contributed by atoms with Gasteiger partial charge in [-0.2, -0.15) is 0 Å². The van der Waals surface area contributed by atoms with Crippen LogP contribution in [-0.4, -0.2) is 22.3 Å². The number of hydrogen-bond acceptors (Lipinski definition) is 3. The minimum absolute atomic E-state index is 0.0446. The highest BCUT2D eigenvalue weighted by atomic mass is 16.3. The highest BCUT2D eigenvalue weighted by molar-refractivity contribution is 5.91. The zero-order valence-corrected chi connectivity index (χ0v) is 15.2. The number of carbonyl (C=O) groups is 2. The molecule has 132 valence electrons. The topological polar surface area (TPSA) is 54.4 Å². The van der Waals surface area contributed by atoms with Crippen LogP contribution in [0.4, 0.5) is 0 Å². The summed E-state index contributed by atoms with van der Waals surface area (Å²) >= 11 is 0. The van der Waals surface area contributed by atoms with Crippen molar-refractivity contribution in [2.75, 3.05) is 0 Å². The second-order valence-electron chi connectivity index (χ2n) is 9.38. The molecule has 1 N–H and O–H groups in total. The summed E-state index contributed by atoms with van der Waals surface area (Å²) in [5, 5.41) is 11.1. The molecule has 4 rings (SSSR count). The first-order valence-electron chi connectivity index (χ1n) is 9.70. The number of Topliss-reactive ketones (excluding diaryl/α,β-unsaturated/α-hetero) is 1. The van der Waals surface area contributed by atoms with Crippen LogP contribution in [0.5, 0.6) is 0 Å². The fourth-order valence-corrected chi connectivity index (χ4v) is 7.15. The van der Waals surface area contributed by atoms with E-state index in [0.717, 1.165) is 38.5 Å². The molecule has 0 aromatic heterocycles. The van der Waals surface area contributed by atoms with Gasteiger partial charge in [0.15, 0.2) is 11.6 Å². The fraction of sp³-hybridized carbons (Fsp3) is 0.810. The van der Waals surface area contributed by atoms with E-state index >= 15 is 0 Å². The van der Waals surface area contributed by atoms with Gasteiger partial charge in [-0.25, -0.2) is 0 Å². The van der Waals surface area contributed by atoms with Crippen molar-refractivity contribution in [3.8, 4) is 0 Å². The van der Waals surface area contributed by atoms with Gasteiger partial charge in [0.2, 0.25) is 0 Å². The van der Waals surface area contributed by atoms with E-state index in [1.165, 1.54) is 5.57 Å². The minimum Gasteiger partial charge on any atom is -0.382 e. The van der Waals surface area contributed by atoms with Crippen molar-refractivity contribution in [3.05, 3.63) is 11.6 Å². The average Bonchev–Trinajstić information content (AvgIpc) is 2.81. The van der Waals surface area contributed by atoms with E-state index in [0.29, 0.717) is 36.4 Å². The first-order valence-corrected chi connectivity index (χ1v) is 9.70. The Morgan fingerprint density at radius 3 is 2.50 bits per heavy atom. The van der Waals surface area contributed by atoms with Crippen LogP contribution in [0.15, 0.2) is 11.6 Å². The Kier molecular flexibility index (Phi) is 3.46. The van der Waals surface area contributed by atoms with Crippen molar-refractivity contribution in [1.29, 1.82) is 0 Å². The molecule has 3 fully saturated rings. The van der Waals surface area contributed by atoms with E-state index in [2.05, 4.69) is 13.8 Å². The van der Waals surface area contributed by atoms with Crippen molar-refractivity contribution in [1.82, 2.24) is 0 Å². The predicted molar refractivity (Wildman–Crippen MR) is 92.3 cm³/mol. The quantitative estimate of drug-likeness (QED) is 0.795. The van der Waals surface area contributed by atoms with Crippen molar-refractivity contribution in [2.24, 2.45) is 28.6 Å². The van der Waals surface area contributed by atoms with E-state index in [4.69, 9.17) is 0 Å². The Hall–Kier alpha value is -0.960. The highest BCUT2D eigenvalue weighted by Crippen LogP contribution is 2.67. The van der Waals surface area contributed by atoms with Crippen molar-refractivity contribution in [3.63, 3.8) is 0 Å². The lowest BCUT2D eigenvalue weighted by atomic mass is 9.46. The van der Waals surface area contributed by atoms with Crippen molar-refractivity contribution >= 4 is 11.6 Å². The van der Waals surface area contributed by atoms with Gasteiger partial charge in [0.25, 0.3) is 0 Å². The molecule has 3 heteroatoms. The molecule has 0 aliphatic heterocycles. The average molecular weight is 330 g/mol. The third-order valence-corrected chi connectivity index (χ3v) is 8.70. The van der Waals surface area contributed by atoms with Gasteiger partial charge in [0.05, 0.1) is 0 Å². The van der Waals surface area contributed by atoms with Gasteiger partial charge in [-0.1, -0.05) is 19.4 Å². The highest BCUT2D eigenvalue weighted by Gasteiger charge is 2.65. The molecule has 0 heterocycles. The lowest BCUT2D eigenvalue weighted by Crippen LogP contribution is -2.57. The van der Waals surface area contributed by atoms with E-state index in [1.807, 2.05) is 6.08 Å². The number of hydrogen-bond donors (Lipinski definition) is 1. The van der Waals surface area contributed by atoms with Gasteiger partial charge in [-0.05, 0) is 81.1 Å². The normalized spacial score (nSPS) is 50.6. The molecule has 3 saturated carbocycles. The number of fused-ring (bicyclic) bond motifs is 5. The summed E-state index contributed by atoms with van der Waals surface area (Å²) in [6.45, 7) is 6.10. The number of allylic oxidation sites excluding steroid dienone is 1. The van der Waals surface area contributed by atoms with Crippen LogP contribution in [0.2, 0.25) is 0 Å². The Morgan fingerprint density at radius 2 is 1.79 bits per heavy atom. The second-order valence-corrected chi connectivity index (χ2v) is 9.38. The Balaban J connectivity index is 1.70. The molecule has 4 aliphatic carbocycles. The molecule has 0 spiro atoms. The van der Waals surface area contributed by atoms with Crippen molar-refractivity contribution in [2.45, 2.75) is 77.7 Å². The Morgan fingerprint density at radius 1 is 1.08 bits per heavy atom. The van der Waals surface area contributed by atoms with Crippen LogP contribution in [0.3, 0.4) is 0 Å². The number of carbonyl (C=O) groups excluding carboxylic acids is 2. The first-order chi connectivity index (χ1) is 11.2. The third-order valence-electron chi connectivity index (χ3n) is 8.70. The Labute approximate surface area is 144 Å². The molecule has 24 heavy (non-hydrogen) atoms. The summed E-state index contributed by atoms with van der Waals surface area (Å²) in [5.41, 5.74) is 0.155. The maximum Gasteiger partial charge on any atom is 0.161 e. The van der Waals surface area contributed by atoms with Gasteiger partial charge < -0.3 is 5.11 Å². The first kappa shape index (κ1) is 16.5. The molecule has 0 saturated heterocycles. The van der Waals surface area contributed by atoms with Crippen LogP contribution in [0, 0.1) is 28.6 Å². The molecular formula is C21H30O3. The van der Waals surface area contributed by atoms with Gasteiger partial charge in [-0.15, -0.1) is 0 Å². The van der Waals surface area contributed by atoms with Crippen LogP contribution < -0.4 is 0 Å². The summed E-state index contributed by atoms with van der Waals surface area (Å²) in [6, 6.07) is 0. The molecule has 4 aliphatic rings. The maximum absolute atomic E-state index is 12.2. The molecule has 0 aromatic rings. The third kappa shape index (κ3) is 1.88. The molecule has 0 bridgehead atoms. The van der Waals surface area contributed by atoms with Gasteiger partial charge >= 0.3 is 0 Å². The fourth-order valence-electron chi connectivity index (χ4n) is 7.15. The maximum atomic E-state index is 12.2. The summed E-state index contributed by atoms with van der Waals surface area (Å²) in [6.07, 6.45) is 9.37. The summed E-state index contributed by atoms with van der Waals surface area (Å²) in [4.78, 5) is 24.1. The smallest absolute Gasteiger partial charge is 0.161 e. The van der Waals surface area contributed by atoms with Crippen LogP contribution in [0.1, 0.15) is 72.1 Å². The van der Waals surface area contributed by atoms with Crippen LogP contribution in [0.25, 0.3) is 0 Å². The standard InChI is InChI=1S/C21H30O3/c1-13(22)21(24)11-8-18-16-5-4-14-12-15(23)6-9-19(14,2)17(16)7-10-20(18,21)3/h12,16-18,24H,4-11H2,1-3H3/t16-,17+,18+,19-,20-,21+/m1/s1. The van der Waals surface area contributed by atoms with E-state index in [1.54, 1.807) is 6.92 Å². The van der Waals surface area contributed by atoms with Gasteiger partial charge in [0.1, 0.15) is 5.60 Å². The van der Waals surface area contributed by atoms with Gasteiger partial charge in [0, 0.05) is 11.8 Å². The molecule has 0 unspecified atom stereocenters. The number of rotatable bonds is 1. The lowest BCUT2D eigenvalue weighted by molar-refractivity contribution is -0.160. The number of aliphatic hydroxyl groups is 1. The number of ketones is 2. The second kappa shape index (κ2) is 5.03. The molecular weight excluding hydrogens is 300 g/mol. The van der Waals surface area contributed by atoms with E-state index in [9.17, 15) is 14.7 Å². The molecule has 0 radical (unpaired) electrons. The SMILES string of the molecule is CC(=O)[C@@]1(O)CC[C@H]2[C@@H]3CCC4=CC(=O)CC[C@@]4(C)[C@H]3CC[C@]21C. The summed E-state index contributed by atoms with van der Waals surface area (Å²) in [7, 11) is 0. The molecule has 0 aromatic carbocycles. The Bertz CT molecular complexity index is 635. The zero-order chi connectivity index (χ0) is 17.3.